The standard InChI is InChI=1S/C19H22O7/c1-2-3-4-5-6-7-8-9-10-11-14(12-20)25-19-18(24)17(23)16(22)15(13-21)26-19/h14-24H,10-13H2,1H3/t14?,15?,16-,17+,18?,19-/m1/s1. The summed E-state index contributed by atoms with van der Waals surface area (Å²) >= 11 is 0. The number of aliphatic hydroxyl groups excluding tert-OH is 5. The molecular formula is C19H22O7. The van der Waals surface area contributed by atoms with Gasteiger partial charge in [0.1, 0.15) is 24.4 Å². The highest BCUT2D eigenvalue weighted by Gasteiger charge is 2.44. The van der Waals surface area contributed by atoms with Crippen molar-refractivity contribution in [1.29, 1.82) is 0 Å². The van der Waals surface area contributed by atoms with E-state index in [4.69, 9.17) is 14.6 Å². The molecule has 0 radical (unpaired) electrons. The monoisotopic (exact) mass is 362 g/mol. The Morgan fingerprint density at radius 1 is 0.923 bits per heavy atom. The number of hydrogen-bond acceptors (Lipinski definition) is 7. The molecular weight excluding hydrogens is 340 g/mol. The third-order valence-corrected chi connectivity index (χ3v) is 3.50. The van der Waals surface area contributed by atoms with Gasteiger partial charge in [-0.05, 0) is 48.9 Å². The van der Waals surface area contributed by atoms with Crippen LogP contribution in [0.15, 0.2) is 0 Å². The van der Waals surface area contributed by atoms with Gasteiger partial charge in [0.25, 0.3) is 0 Å². The van der Waals surface area contributed by atoms with Crippen LogP contribution in [0, 0.1) is 47.4 Å². The second-order valence-corrected chi connectivity index (χ2v) is 5.35. The topological polar surface area (TPSA) is 120 Å². The third kappa shape index (κ3) is 7.06. The number of rotatable bonds is 6. The first-order chi connectivity index (χ1) is 12.5. The lowest BCUT2D eigenvalue weighted by Crippen LogP contribution is -2.59. The summed E-state index contributed by atoms with van der Waals surface area (Å²) in [6.45, 7) is 0.765. The van der Waals surface area contributed by atoms with Crippen molar-refractivity contribution in [3.05, 3.63) is 0 Å². The molecule has 0 spiro atoms. The zero-order chi connectivity index (χ0) is 19.4. The Hall–Kier alpha value is -2.04. The van der Waals surface area contributed by atoms with Crippen LogP contribution in [0.5, 0.6) is 0 Å². The molecule has 7 heteroatoms. The zero-order valence-corrected chi connectivity index (χ0v) is 14.3. The van der Waals surface area contributed by atoms with Crippen molar-refractivity contribution in [1.82, 2.24) is 0 Å². The Kier molecular flexibility index (Phi) is 10.4. The van der Waals surface area contributed by atoms with Gasteiger partial charge in [-0.1, -0.05) is 11.8 Å². The van der Waals surface area contributed by atoms with E-state index in [2.05, 4.69) is 47.4 Å². The second-order valence-electron chi connectivity index (χ2n) is 5.35. The molecule has 0 amide bonds. The first-order valence-corrected chi connectivity index (χ1v) is 8.01. The largest absolute Gasteiger partial charge is 0.394 e. The van der Waals surface area contributed by atoms with Crippen LogP contribution in [0.2, 0.25) is 0 Å². The van der Waals surface area contributed by atoms with E-state index in [1.54, 1.807) is 6.92 Å². The van der Waals surface area contributed by atoms with Crippen molar-refractivity contribution in [2.45, 2.75) is 56.6 Å². The highest BCUT2D eigenvalue weighted by molar-refractivity contribution is 5.39. The molecule has 26 heavy (non-hydrogen) atoms. The van der Waals surface area contributed by atoms with Gasteiger partial charge < -0.3 is 35.0 Å². The summed E-state index contributed by atoms with van der Waals surface area (Å²) in [5.41, 5.74) is 0. The smallest absolute Gasteiger partial charge is 0.187 e. The van der Waals surface area contributed by atoms with E-state index in [1.807, 2.05) is 0 Å². The summed E-state index contributed by atoms with van der Waals surface area (Å²) < 4.78 is 10.7. The van der Waals surface area contributed by atoms with Crippen molar-refractivity contribution < 1.29 is 35.0 Å². The lowest BCUT2D eigenvalue weighted by atomic mass is 9.99. The van der Waals surface area contributed by atoms with Crippen molar-refractivity contribution in [2.24, 2.45) is 0 Å². The molecule has 0 aromatic rings. The van der Waals surface area contributed by atoms with Gasteiger partial charge in [0.2, 0.25) is 0 Å². The minimum absolute atomic E-state index is 0.327. The molecule has 3 unspecified atom stereocenters. The van der Waals surface area contributed by atoms with Crippen LogP contribution in [-0.2, 0) is 9.47 Å². The molecule has 0 saturated carbocycles. The van der Waals surface area contributed by atoms with Crippen LogP contribution in [0.25, 0.3) is 0 Å². The SMILES string of the molecule is CC#CC#CC#CC#CCCC(CO)O[C@@H]1OC(CO)[C@@H](O)[C@H](O)C1O. The van der Waals surface area contributed by atoms with E-state index >= 15 is 0 Å². The molecule has 6 atom stereocenters. The molecule has 0 aliphatic carbocycles. The summed E-state index contributed by atoms with van der Waals surface area (Å²) in [4.78, 5) is 0. The van der Waals surface area contributed by atoms with Gasteiger partial charge in [-0.2, -0.15) is 0 Å². The molecule has 1 saturated heterocycles. The first kappa shape index (κ1) is 22.0. The van der Waals surface area contributed by atoms with E-state index in [9.17, 15) is 20.4 Å². The highest BCUT2D eigenvalue weighted by atomic mass is 16.7. The summed E-state index contributed by atoms with van der Waals surface area (Å²) in [6.07, 6.45) is -6.87. The maximum absolute atomic E-state index is 9.90. The van der Waals surface area contributed by atoms with Crippen LogP contribution in [0.1, 0.15) is 19.8 Å². The van der Waals surface area contributed by atoms with Gasteiger partial charge in [-0.15, -0.1) is 0 Å². The van der Waals surface area contributed by atoms with Crippen LogP contribution >= 0.6 is 0 Å². The fourth-order valence-corrected chi connectivity index (χ4v) is 2.10. The lowest BCUT2D eigenvalue weighted by Gasteiger charge is -2.40. The summed E-state index contributed by atoms with van der Waals surface area (Å²) in [5, 5.41) is 47.8. The van der Waals surface area contributed by atoms with E-state index in [0.29, 0.717) is 12.8 Å². The van der Waals surface area contributed by atoms with Crippen molar-refractivity contribution >= 4 is 0 Å². The van der Waals surface area contributed by atoms with Crippen molar-refractivity contribution in [3.8, 4) is 47.4 Å². The normalized spacial score (nSPS) is 28.0. The average Bonchev–Trinajstić information content (AvgIpc) is 2.65. The number of hydrogen-bond donors (Lipinski definition) is 5. The minimum Gasteiger partial charge on any atom is -0.394 e. The summed E-state index contributed by atoms with van der Waals surface area (Å²) in [7, 11) is 0. The first-order valence-electron chi connectivity index (χ1n) is 8.01. The Bertz CT molecular complexity index is 672. The van der Waals surface area contributed by atoms with Crippen LogP contribution in [0.3, 0.4) is 0 Å². The molecule has 1 fully saturated rings. The van der Waals surface area contributed by atoms with Crippen LogP contribution < -0.4 is 0 Å². The maximum atomic E-state index is 9.90. The molecule has 7 nitrogen and oxygen atoms in total. The Morgan fingerprint density at radius 3 is 2.19 bits per heavy atom. The molecule has 1 heterocycles. The van der Waals surface area contributed by atoms with E-state index in [0.717, 1.165) is 0 Å². The number of aliphatic hydroxyl groups is 5. The molecule has 0 bridgehead atoms. The van der Waals surface area contributed by atoms with Crippen molar-refractivity contribution in [3.63, 3.8) is 0 Å². The zero-order valence-electron chi connectivity index (χ0n) is 14.3. The highest BCUT2D eigenvalue weighted by Crippen LogP contribution is 2.23. The maximum Gasteiger partial charge on any atom is 0.187 e. The van der Waals surface area contributed by atoms with E-state index in [1.165, 1.54) is 0 Å². The Balaban J connectivity index is 2.52. The predicted molar refractivity (Wildman–Crippen MR) is 91.7 cm³/mol. The summed E-state index contributed by atoms with van der Waals surface area (Å²) in [5.74, 6) is 20.6. The molecule has 0 aromatic carbocycles. The molecule has 5 N–H and O–H groups in total. The van der Waals surface area contributed by atoms with Gasteiger partial charge in [-0.3, -0.25) is 0 Å². The minimum atomic E-state index is -1.53. The second kappa shape index (κ2) is 12.3. The quantitative estimate of drug-likeness (QED) is 0.346. The fourth-order valence-electron chi connectivity index (χ4n) is 2.10. The Morgan fingerprint density at radius 2 is 1.58 bits per heavy atom. The number of ether oxygens (including phenoxy) is 2. The van der Waals surface area contributed by atoms with Gasteiger partial charge >= 0.3 is 0 Å². The molecule has 1 rings (SSSR count). The fraction of sp³-hybridized carbons (Fsp3) is 0.579. The van der Waals surface area contributed by atoms with Crippen molar-refractivity contribution in [2.75, 3.05) is 13.2 Å². The molecule has 0 aromatic heterocycles. The van der Waals surface area contributed by atoms with Crippen LogP contribution in [-0.4, -0.2) is 75.6 Å². The van der Waals surface area contributed by atoms with E-state index in [-0.39, 0.29) is 6.61 Å². The molecule has 1 aliphatic rings. The van der Waals surface area contributed by atoms with Gasteiger partial charge in [0, 0.05) is 6.42 Å². The lowest BCUT2D eigenvalue weighted by molar-refractivity contribution is -0.313. The van der Waals surface area contributed by atoms with Crippen LogP contribution in [0.4, 0.5) is 0 Å². The summed E-state index contributed by atoms with van der Waals surface area (Å²) in [6, 6.07) is 0. The predicted octanol–water partition coefficient (Wildman–Crippen LogP) is -2.02. The van der Waals surface area contributed by atoms with E-state index < -0.39 is 43.4 Å². The average molecular weight is 362 g/mol. The third-order valence-electron chi connectivity index (χ3n) is 3.50. The van der Waals surface area contributed by atoms with Gasteiger partial charge in [0.15, 0.2) is 6.29 Å². The molecule has 1 aliphatic heterocycles. The van der Waals surface area contributed by atoms with Gasteiger partial charge in [-0.25, -0.2) is 0 Å². The van der Waals surface area contributed by atoms with Gasteiger partial charge in [0.05, 0.1) is 19.3 Å². The molecule has 140 valence electrons. The Labute approximate surface area is 152 Å².